The zero-order valence-corrected chi connectivity index (χ0v) is 9.48. The lowest BCUT2D eigenvalue weighted by molar-refractivity contribution is 0.0696. The van der Waals surface area contributed by atoms with Crippen molar-refractivity contribution in [3.8, 4) is 0 Å². The number of rotatable bonds is 2. The molecule has 1 saturated heterocycles. The Kier molecular flexibility index (Phi) is 3.50. The van der Waals surface area contributed by atoms with Crippen molar-refractivity contribution in [3.05, 3.63) is 9.47 Å². The quantitative estimate of drug-likeness (QED) is 0.850. The van der Waals surface area contributed by atoms with Gasteiger partial charge in [0.1, 0.15) is 0 Å². The molecule has 2 heterocycles. The second-order valence-electron chi connectivity index (χ2n) is 3.22. The van der Waals surface area contributed by atoms with Gasteiger partial charge in [-0.25, -0.2) is 0 Å². The van der Waals surface area contributed by atoms with Gasteiger partial charge in [0.2, 0.25) is 9.47 Å². The molecule has 1 aliphatic heterocycles. The van der Waals surface area contributed by atoms with Crippen molar-refractivity contribution in [1.82, 2.24) is 15.5 Å². The van der Waals surface area contributed by atoms with E-state index < -0.39 is 0 Å². The lowest BCUT2D eigenvalue weighted by Crippen LogP contribution is -2.38. The second kappa shape index (κ2) is 4.87. The molecule has 0 saturated carbocycles. The average molecular weight is 248 g/mol. The maximum absolute atomic E-state index is 11.6. The van der Waals surface area contributed by atoms with E-state index in [1.54, 1.807) is 0 Å². The highest BCUT2D eigenvalue weighted by Gasteiger charge is 2.19. The maximum atomic E-state index is 11.6. The topological polar surface area (TPSA) is 64.1 Å². The number of nitrogens with one attached hydrogen (secondary N) is 1. The van der Waals surface area contributed by atoms with Crippen LogP contribution in [-0.4, -0.2) is 35.4 Å². The number of hydrogen-bond acceptors (Lipinski definition) is 5. The smallest absolute Gasteiger partial charge is 0.282 e. The number of halogens is 1. The molecule has 1 aromatic rings. The summed E-state index contributed by atoms with van der Waals surface area (Å²) in [6.07, 6.45) is 1.69. The second-order valence-corrected chi connectivity index (χ2v) is 4.78. The van der Waals surface area contributed by atoms with Gasteiger partial charge in [0.15, 0.2) is 0 Å². The van der Waals surface area contributed by atoms with Gasteiger partial charge in [-0.1, -0.05) is 11.3 Å². The third-order valence-corrected chi connectivity index (χ3v) is 3.17. The molecule has 1 N–H and O–H groups in total. The van der Waals surface area contributed by atoms with Crippen LogP contribution in [0.3, 0.4) is 0 Å². The predicted molar refractivity (Wildman–Crippen MR) is 56.2 cm³/mol. The Morgan fingerprint density at radius 1 is 1.47 bits per heavy atom. The van der Waals surface area contributed by atoms with Crippen LogP contribution in [0.5, 0.6) is 0 Å². The Hall–Kier alpha value is -0.720. The largest absolute Gasteiger partial charge is 0.381 e. The van der Waals surface area contributed by atoms with E-state index in [0.29, 0.717) is 18.2 Å². The summed E-state index contributed by atoms with van der Waals surface area (Å²) in [5.74, 6) is -0.202. The minimum atomic E-state index is -0.202. The molecule has 1 aromatic heterocycles. The SMILES string of the molecule is O=C(NC1CCOCC1)c1nnc(Cl)s1. The molecule has 0 radical (unpaired) electrons. The van der Waals surface area contributed by atoms with E-state index in [2.05, 4.69) is 15.5 Å². The zero-order valence-electron chi connectivity index (χ0n) is 7.90. The van der Waals surface area contributed by atoms with Crippen molar-refractivity contribution in [3.63, 3.8) is 0 Å². The molecule has 7 heteroatoms. The van der Waals surface area contributed by atoms with Gasteiger partial charge in [0, 0.05) is 19.3 Å². The zero-order chi connectivity index (χ0) is 10.7. The first-order chi connectivity index (χ1) is 7.25. The third-order valence-electron chi connectivity index (χ3n) is 2.15. The molecule has 1 fully saturated rings. The molecule has 0 atom stereocenters. The van der Waals surface area contributed by atoms with Crippen LogP contribution in [0.4, 0.5) is 0 Å². The van der Waals surface area contributed by atoms with Crippen LogP contribution in [0.2, 0.25) is 4.47 Å². The van der Waals surface area contributed by atoms with Gasteiger partial charge < -0.3 is 10.1 Å². The molecule has 2 rings (SSSR count). The van der Waals surface area contributed by atoms with Crippen molar-refractivity contribution >= 4 is 28.8 Å². The maximum Gasteiger partial charge on any atom is 0.282 e. The summed E-state index contributed by atoms with van der Waals surface area (Å²) >= 11 is 6.68. The number of carbonyl (C=O) groups excluding carboxylic acids is 1. The van der Waals surface area contributed by atoms with E-state index in [1.807, 2.05) is 0 Å². The monoisotopic (exact) mass is 247 g/mol. The minimum absolute atomic E-state index is 0.175. The van der Waals surface area contributed by atoms with Crippen LogP contribution in [-0.2, 0) is 4.74 Å². The third kappa shape index (κ3) is 2.87. The molecule has 0 aromatic carbocycles. The van der Waals surface area contributed by atoms with Gasteiger partial charge in [0.25, 0.3) is 5.91 Å². The fourth-order valence-corrected chi connectivity index (χ4v) is 2.12. The molecule has 0 spiro atoms. The highest BCUT2D eigenvalue weighted by molar-refractivity contribution is 7.17. The first kappa shape index (κ1) is 10.8. The highest BCUT2D eigenvalue weighted by Crippen LogP contribution is 2.15. The van der Waals surface area contributed by atoms with Crippen LogP contribution in [0.1, 0.15) is 22.6 Å². The summed E-state index contributed by atoms with van der Waals surface area (Å²) in [6.45, 7) is 1.39. The summed E-state index contributed by atoms with van der Waals surface area (Å²) < 4.78 is 5.48. The van der Waals surface area contributed by atoms with Crippen molar-refractivity contribution in [1.29, 1.82) is 0 Å². The van der Waals surface area contributed by atoms with Gasteiger partial charge in [0.05, 0.1) is 0 Å². The lowest BCUT2D eigenvalue weighted by atomic mass is 10.1. The van der Waals surface area contributed by atoms with Gasteiger partial charge >= 0.3 is 0 Å². The van der Waals surface area contributed by atoms with E-state index >= 15 is 0 Å². The van der Waals surface area contributed by atoms with Crippen LogP contribution < -0.4 is 5.32 Å². The van der Waals surface area contributed by atoms with Crippen LogP contribution >= 0.6 is 22.9 Å². The Morgan fingerprint density at radius 3 is 2.80 bits per heavy atom. The van der Waals surface area contributed by atoms with Gasteiger partial charge in [-0.2, -0.15) is 0 Å². The molecular weight excluding hydrogens is 238 g/mol. The van der Waals surface area contributed by atoms with Gasteiger partial charge in [-0.05, 0) is 24.4 Å². The first-order valence-electron chi connectivity index (χ1n) is 4.63. The Labute approximate surface area is 95.8 Å². The number of carbonyl (C=O) groups is 1. The molecule has 0 bridgehead atoms. The molecule has 1 amide bonds. The molecule has 0 aliphatic carbocycles. The summed E-state index contributed by atoms with van der Waals surface area (Å²) in [7, 11) is 0. The van der Waals surface area contributed by atoms with Gasteiger partial charge in [-0.15, -0.1) is 10.2 Å². The summed E-state index contributed by atoms with van der Waals surface area (Å²) in [5, 5.41) is 10.4. The normalized spacial score (nSPS) is 17.7. The van der Waals surface area contributed by atoms with E-state index in [-0.39, 0.29) is 16.4 Å². The van der Waals surface area contributed by atoms with E-state index in [0.717, 1.165) is 24.2 Å². The number of aromatic nitrogens is 2. The molecule has 1 aliphatic rings. The summed E-state index contributed by atoms with van der Waals surface area (Å²) in [5.41, 5.74) is 0. The van der Waals surface area contributed by atoms with Crippen molar-refractivity contribution in [2.24, 2.45) is 0 Å². The molecule has 15 heavy (non-hydrogen) atoms. The van der Waals surface area contributed by atoms with Crippen molar-refractivity contribution in [2.75, 3.05) is 13.2 Å². The number of nitrogens with zero attached hydrogens (tertiary/aromatic N) is 2. The molecular formula is C8H10ClN3O2S. The highest BCUT2D eigenvalue weighted by atomic mass is 35.5. The molecule has 82 valence electrons. The number of hydrogen-bond donors (Lipinski definition) is 1. The van der Waals surface area contributed by atoms with E-state index in [4.69, 9.17) is 16.3 Å². The van der Waals surface area contributed by atoms with Crippen molar-refractivity contribution < 1.29 is 9.53 Å². The van der Waals surface area contributed by atoms with Crippen LogP contribution in [0.25, 0.3) is 0 Å². The molecule has 0 unspecified atom stereocenters. The average Bonchev–Trinajstić information content (AvgIpc) is 2.66. The number of ether oxygens (including phenoxy) is 1. The van der Waals surface area contributed by atoms with Crippen LogP contribution in [0.15, 0.2) is 0 Å². The lowest BCUT2D eigenvalue weighted by Gasteiger charge is -2.22. The summed E-state index contributed by atoms with van der Waals surface area (Å²) in [6, 6.07) is 0.175. The number of amides is 1. The minimum Gasteiger partial charge on any atom is -0.381 e. The van der Waals surface area contributed by atoms with E-state index in [1.165, 1.54) is 0 Å². The fraction of sp³-hybridized carbons (Fsp3) is 0.625. The Balaban J connectivity index is 1.91. The summed E-state index contributed by atoms with van der Waals surface area (Å²) in [4.78, 5) is 11.6. The van der Waals surface area contributed by atoms with Crippen molar-refractivity contribution in [2.45, 2.75) is 18.9 Å². The fourth-order valence-electron chi connectivity index (χ4n) is 1.39. The van der Waals surface area contributed by atoms with E-state index in [9.17, 15) is 4.79 Å². The Bertz CT molecular complexity index is 351. The van der Waals surface area contributed by atoms with Gasteiger partial charge in [-0.3, -0.25) is 4.79 Å². The first-order valence-corrected chi connectivity index (χ1v) is 5.83. The standard InChI is InChI=1S/C8H10ClN3O2S/c9-8-12-11-7(15-8)6(13)10-5-1-3-14-4-2-5/h5H,1-4H2,(H,10,13). The predicted octanol–water partition coefficient (Wildman–Crippen LogP) is 1.10. The van der Waals surface area contributed by atoms with Crippen LogP contribution in [0, 0.1) is 0 Å². The molecule has 5 nitrogen and oxygen atoms in total. The Morgan fingerprint density at radius 2 is 2.20 bits per heavy atom.